The number of aromatic nitrogens is 3. The van der Waals surface area contributed by atoms with Gasteiger partial charge in [-0.1, -0.05) is 22.0 Å². The zero-order valence-corrected chi connectivity index (χ0v) is 12.1. The lowest BCUT2D eigenvalue weighted by Gasteiger charge is -2.06. The first-order valence-corrected chi connectivity index (χ1v) is 6.76. The van der Waals surface area contributed by atoms with Gasteiger partial charge in [0.15, 0.2) is 0 Å². The summed E-state index contributed by atoms with van der Waals surface area (Å²) in [7, 11) is 0. The Morgan fingerprint density at radius 2 is 2.05 bits per heavy atom. The molecule has 3 aromatic rings. The van der Waals surface area contributed by atoms with E-state index >= 15 is 0 Å². The molecule has 4 nitrogen and oxygen atoms in total. The summed E-state index contributed by atoms with van der Waals surface area (Å²) in [6.45, 7) is 2.61. The number of nitrogen functional groups attached to an aromatic ring is 1. The van der Waals surface area contributed by atoms with Crippen LogP contribution in [0.4, 0.5) is 5.95 Å². The summed E-state index contributed by atoms with van der Waals surface area (Å²) in [6, 6.07) is 11.9. The molecular formula is C14H13BrN4. The minimum atomic E-state index is 0.511. The number of anilines is 1. The average molecular weight is 317 g/mol. The van der Waals surface area contributed by atoms with Crippen LogP contribution in [0.2, 0.25) is 0 Å². The topological polar surface area (TPSA) is 56.7 Å². The smallest absolute Gasteiger partial charge is 0.201 e. The summed E-state index contributed by atoms with van der Waals surface area (Å²) in [4.78, 5) is 8.87. The van der Waals surface area contributed by atoms with Crippen LogP contribution < -0.4 is 5.73 Å². The van der Waals surface area contributed by atoms with Crippen LogP contribution in [0.5, 0.6) is 0 Å². The van der Waals surface area contributed by atoms with E-state index in [1.165, 1.54) is 0 Å². The summed E-state index contributed by atoms with van der Waals surface area (Å²) >= 11 is 3.48. The number of hydrogen-bond donors (Lipinski definition) is 1. The molecule has 0 radical (unpaired) electrons. The SMILES string of the molecule is Cc1cccc(Cn2c(N)nc3ccc(Br)cc32)n1. The fourth-order valence-corrected chi connectivity index (χ4v) is 2.48. The molecule has 5 heteroatoms. The van der Waals surface area contributed by atoms with E-state index < -0.39 is 0 Å². The maximum absolute atomic E-state index is 6.00. The van der Waals surface area contributed by atoms with Crippen molar-refractivity contribution in [2.45, 2.75) is 13.5 Å². The first-order valence-electron chi connectivity index (χ1n) is 5.97. The van der Waals surface area contributed by atoms with E-state index in [9.17, 15) is 0 Å². The van der Waals surface area contributed by atoms with Crippen molar-refractivity contribution in [2.24, 2.45) is 0 Å². The number of nitrogens with zero attached hydrogens (tertiary/aromatic N) is 3. The molecule has 96 valence electrons. The second-order valence-electron chi connectivity index (χ2n) is 4.46. The van der Waals surface area contributed by atoms with Gasteiger partial charge in [-0.2, -0.15) is 0 Å². The second kappa shape index (κ2) is 4.66. The molecule has 0 fully saturated rings. The summed E-state index contributed by atoms with van der Waals surface area (Å²) < 4.78 is 2.99. The van der Waals surface area contributed by atoms with Crippen molar-refractivity contribution < 1.29 is 0 Å². The molecular weight excluding hydrogens is 304 g/mol. The Labute approximate surface area is 119 Å². The average Bonchev–Trinajstić information content (AvgIpc) is 2.66. The maximum atomic E-state index is 6.00. The Morgan fingerprint density at radius 1 is 1.21 bits per heavy atom. The normalized spacial score (nSPS) is 11.1. The second-order valence-corrected chi connectivity index (χ2v) is 5.38. The minimum Gasteiger partial charge on any atom is -0.369 e. The van der Waals surface area contributed by atoms with Gasteiger partial charge in [-0.15, -0.1) is 0 Å². The number of aryl methyl sites for hydroxylation is 1. The molecule has 0 aliphatic carbocycles. The molecule has 1 aromatic carbocycles. The highest BCUT2D eigenvalue weighted by atomic mass is 79.9. The molecule has 0 amide bonds. The molecule has 0 aliphatic heterocycles. The van der Waals surface area contributed by atoms with E-state index in [4.69, 9.17) is 5.73 Å². The van der Waals surface area contributed by atoms with Gasteiger partial charge in [-0.3, -0.25) is 4.98 Å². The summed E-state index contributed by atoms with van der Waals surface area (Å²) in [6.07, 6.45) is 0. The van der Waals surface area contributed by atoms with Gasteiger partial charge < -0.3 is 10.3 Å². The predicted octanol–water partition coefficient (Wildman–Crippen LogP) is 3.13. The Morgan fingerprint density at radius 3 is 2.84 bits per heavy atom. The molecule has 0 saturated heterocycles. The summed E-state index contributed by atoms with van der Waals surface area (Å²) in [5, 5.41) is 0. The third-order valence-electron chi connectivity index (χ3n) is 3.01. The maximum Gasteiger partial charge on any atom is 0.201 e. The molecule has 0 saturated carbocycles. The van der Waals surface area contributed by atoms with Gasteiger partial charge in [0.1, 0.15) is 0 Å². The van der Waals surface area contributed by atoms with Crippen molar-refractivity contribution >= 4 is 32.9 Å². The molecule has 19 heavy (non-hydrogen) atoms. The zero-order valence-electron chi connectivity index (χ0n) is 10.5. The van der Waals surface area contributed by atoms with Gasteiger partial charge in [0, 0.05) is 10.2 Å². The summed E-state index contributed by atoms with van der Waals surface area (Å²) in [5.41, 5.74) is 9.88. The van der Waals surface area contributed by atoms with Crippen molar-refractivity contribution in [3.05, 3.63) is 52.3 Å². The third-order valence-corrected chi connectivity index (χ3v) is 3.50. The van der Waals surface area contributed by atoms with Crippen molar-refractivity contribution in [1.82, 2.24) is 14.5 Å². The molecule has 0 spiro atoms. The van der Waals surface area contributed by atoms with Crippen LogP contribution >= 0.6 is 15.9 Å². The number of halogens is 1. The lowest BCUT2D eigenvalue weighted by atomic mass is 10.3. The van der Waals surface area contributed by atoms with Gasteiger partial charge in [-0.25, -0.2) is 4.98 Å². The number of benzene rings is 1. The highest BCUT2D eigenvalue weighted by Crippen LogP contribution is 2.22. The summed E-state index contributed by atoms with van der Waals surface area (Å²) in [5.74, 6) is 0.511. The van der Waals surface area contributed by atoms with Gasteiger partial charge in [0.2, 0.25) is 5.95 Å². The van der Waals surface area contributed by atoms with E-state index in [-0.39, 0.29) is 0 Å². The zero-order chi connectivity index (χ0) is 13.4. The van der Waals surface area contributed by atoms with Crippen LogP contribution in [0, 0.1) is 6.92 Å². The van der Waals surface area contributed by atoms with Gasteiger partial charge >= 0.3 is 0 Å². The highest BCUT2D eigenvalue weighted by Gasteiger charge is 2.09. The van der Waals surface area contributed by atoms with E-state index in [2.05, 4.69) is 25.9 Å². The molecule has 0 atom stereocenters. The number of rotatable bonds is 2. The lowest BCUT2D eigenvalue weighted by Crippen LogP contribution is -2.06. The number of pyridine rings is 1. The van der Waals surface area contributed by atoms with Crippen LogP contribution in [0.15, 0.2) is 40.9 Å². The molecule has 0 aliphatic rings. The monoisotopic (exact) mass is 316 g/mol. The van der Waals surface area contributed by atoms with Crippen LogP contribution in [0.25, 0.3) is 11.0 Å². The first kappa shape index (κ1) is 12.2. The standard InChI is InChI=1S/C14H13BrN4/c1-9-3-2-4-11(17-9)8-19-13-7-10(15)5-6-12(13)18-14(19)16/h2-7H,8H2,1H3,(H2,16,18). The van der Waals surface area contributed by atoms with Gasteiger partial charge in [0.25, 0.3) is 0 Å². The minimum absolute atomic E-state index is 0.511. The van der Waals surface area contributed by atoms with Crippen LogP contribution in [0.3, 0.4) is 0 Å². The first-order chi connectivity index (χ1) is 9.13. The Balaban J connectivity index is 2.09. The molecule has 3 rings (SSSR count). The predicted molar refractivity (Wildman–Crippen MR) is 79.9 cm³/mol. The number of fused-ring (bicyclic) bond motifs is 1. The van der Waals surface area contributed by atoms with Crippen molar-refractivity contribution in [1.29, 1.82) is 0 Å². The Kier molecular flexibility index (Phi) is 2.98. The highest BCUT2D eigenvalue weighted by molar-refractivity contribution is 9.10. The fourth-order valence-electron chi connectivity index (χ4n) is 2.13. The van der Waals surface area contributed by atoms with Crippen molar-refractivity contribution in [3.63, 3.8) is 0 Å². The van der Waals surface area contributed by atoms with E-state index in [0.29, 0.717) is 12.5 Å². The Bertz CT molecular complexity index is 748. The van der Waals surface area contributed by atoms with E-state index in [1.54, 1.807) is 0 Å². The lowest BCUT2D eigenvalue weighted by molar-refractivity contribution is 0.804. The van der Waals surface area contributed by atoms with Crippen LogP contribution in [-0.2, 0) is 6.54 Å². The van der Waals surface area contributed by atoms with Gasteiger partial charge in [-0.05, 0) is 37.3 Å². The fraction of sp³-hybridized carbons (Fsp3) is 0.143. The van der Waals surface area contributed by atoms with Crippen LogP contribution in [-0.4, -0.2) is 14.5 Å². The largest absolute Gasteiger partial charge is 0.369 e. The molecule has 0 unspecified atom stereocenters. The molecule has 2 heterocycles. The van der Waals surface area contributed by atoms with E-state index in [0.717, 1.165) is 26.9 Å². The molecule has 2 aromatic heterocycles. The quantitative estimate of drug-likeness (QED) is 0.790. The van der Waals surface area contributed by atoms with Gasteiger partial charge in [0.05, 0.1) is 23.3 Å². The third kappa shape index (κ3) is 2.33. The number of imidazole rings is 1. The number of nitrogens with two attached hydrogens (primary N) is 1. The van der Waals surface area contributed by atoms with Crippen molar-refractivity contribution in [2.75, 3.05) is 5.73 Å². The number of hydrogen-bond acceptors (Lipinski definition) is 3. The van der Waals surface area contributed by atoms with Crippen molar-refractivity contribution in [3.8, 4) is 0 Å². The molecule has 0 bridgehead atoms. The van der Waals surface area contributed by atoms with E-state index in [1.807, 2.05) is 47.9 Å². The molecule has 2 N–H and O–H groups in total. The van der Waals surface area contributed by atoms with Crippen LogP contribution in [0.1, 0.15) is 11.4 Å². The Hall–Kier alpha value is -1.88.